The first kappa shape index (κ1) is 15.2. The average molecular weight is 333 g/mol. The molecule has 3 nitrogen and oxygen atoms in total. The van der Waals surface area contributed by atoms with Crippen molar-refractivity contribution in [1.82, 2.24) is 4.90 Å². The zero-order valence-corrected chi connectivity index (χ0v) is 14.4. The topological polar surface area (TPSA) is 21.7 Å². The van der Waals surface area contributed by atoms with Gasteiger partial charge in [-0.05, 0) is 40.8 Å². The lowest BCUT2D eigenvalue weighted by molar-refractivity contribution is -0.0402. The summed E-state index contributed by atoms with van der Waals surface area (Å²) in [6.45, 7) is 3.44. The van der Waals surface area contributed by atoms with Gasteiger partial charge in [-0.2, -0.15) is 0 Å². The molecule has 2 atom stereocenters. The van der Waals surface area contributed by atoms with Gasteiger partial charge in [0.2, 0.25) is 0 Å². The van der Waals surface area contributed by atoms with E-state index in [1.54, 1.807) is 0 Å². The summed E-state index contributed by atoms with van der Waals surface area (Å²) in [5.74, 6) is 1.06. The van der Waals surface area contributed by atoms with Gasteiger partial charge in [0.25, 0.3) is 0 Å². The number of fused-ring (bicyclic) bond motifs is 3. The van der Waals surface area contributed by atoms with Crippen molar-refractivity contribution >= 4 is 5.57 Å². The molecule has 2 aromatic rings. The highest BCUT2D eigenvalue weighted by atomic mass is 16.5. The van der Waals surface area contributed by atoms with Crippen LogP contribution < -0.4 is 4.74 Å². The normalized spacial score (nSPS) is 25.2. The molecular weight excluding hydrogens is 310 g/mol. The van der Waals surface area contributed by atoms with Crippen LogP contribution in [0, 0.1) is 0 Å². The third-order valence-electron chi connectivity index (χ3n) is 5.61. The lowest BCUT2D eigenvalue weighted by Gasteiger charge is -2.45. The van der Waals surface area contributed by atoms with E-state index in [4.69, 9.17) is 9.47 Å². The Morgan fingerprint density at radius 1 is 1.04 bits per heavy atom. The van der Waals surface area contributed by atoms with E-state index < -0.39 is 0 Å². The molecule has 0 amide bonds. The standard InChI is InChI=1S/C22H23NO2/c1-2-4-16(5-3-1)13-23-20-11-19(12-21(23)15-24-14-20)17-6-7-22-18(10-17)8-9-25-22/h1-7,10-11,20-21H,8-9,12-15H2. The molecule has 2 aromatic carbocycles. The molecule has 2 unspecified atom stereocenters. The van der Waals surface area contributed by atoms with E-state index in [9.17, 15) is 0 Å². The molecule has 3 aliphatic rings. The highest BCUT2D eigenvalue weighted by Crippen LogP contribution is 2.36. The maximum absolute atomic E-state index is 5.86. The number of ether oxygens (including phenoxy) is 2. The van der Waals surface area contributed by atoms with E-state index in [1.807, 2.05) is 0 Å². The Kier molecular flexibility index (Phi) is 3.84. The molecule has 0 spiro atoms. The van der Waals surface area contributed by atoms with Crippen LogP contribution in [-0.4, -0.2) is 36.8 Å². The van der Waals surface area contributed by atoms with Crippen LogP contribution in [0.4, 0.5) is 0 Å². The molecule has 5 rings (SSSR count). The number of hydrogen-bond acceptors (Lipinski definition) is 3. The predicted octanol–water partition coefficient (Wildman–Crippen LogP) is 3.68. The number of hydrogen-bond donors (Lipinski definition) is 0. The molecule has 3 heterocycles. The molecule has 1 saturated heterocycles. The van der Waals surface area contributed by atoms with Crippen molar-refractivity contribution in [1.29, 1.82) is 0 Å². The van der Waals surface area contributed by atoms with E-state index in [-0.39, 0.29) is 0 Å². The fraction of sp³-hybridized carbons (Fsp3) is 0.364. The van der Waals surface area contributed by atoms with E-state index in [2.05, 4.69) is 59.5 Å². The van der Waals surface area contributed by atoms with Gasteiger partial charge in [0, 0.05) is 19.0 Å². The molecule has 25 heavy (non-hydrogen) atoms. The summed E-state index contributed by atoms with van der Waals surface area (Å²) in [6, 6.07) is 18.3. The molecule has 0 N–H and O–H groups in total. The third kappa shape index (κ3) is 2.88. The van der Waals surface area contributed by atoms with Gasteiger partial charge in [0.15, 0.2) is 0 Å². The first-order valence-corrected chi connectivity index (χ1v) is 9.21. The zero-order chi connectivity index (χ0) is 16.6. The third-order valence-corrected chi connectivity index (χ3v) is 5.61. The smallest absolute Gasteiger partial charge is 0.122 e. The Balaban J connectivity index is 1.42. The minimum atomic E-state index is 0.368. The minimum absolute atomic E-state index is 0.368. The van der Waals surface area contributed by atoms with Gasteiger partial charge in [0.1, 0.15) is 5.75 Å². The molecule has 0 saturated carbocycles. The number of rotatable bonds is 3. The first-order chi connectivity index (χ1) is 12.4. The Labute approximate surface area is 148 Å². The summed E-state index contributed by atoms with van der Waals surface area (Å²) in [5.41, 5.74) is 5.57. The maximum atomic E-state index is 5.86. The van der Waals surface area contributed by atoms with Gasteiger partial charge in [-0.25, -0.2) is 0 Å². The summed E-state index contributed by atoms with van der Waals surface area (Å²) in [6.07, 6.45) is 4.52. The van der Waals surface area contributed by atoms with Crippen LogP contribution in [0.2, 0.25) is 0 Å². The average Bonchev–Trinajstić information content (AvgIpc) is 3.10. The lowest BCUT2D eigenvalue weighted by atomic mass is 9.88. The fourth-order valence-electron chi connectivity index (χ4n) is 4.30. The lowest BCUT2D eigenvalue weighted by Crippen LogP contribution is -2.53. The molecule has 0 aromatic heterocycles. The summed E-state index contributed by atoms with van der Waals surface area (Å²) in [5, 5.41) is 0. The van der Waals surface area contributed by atoms with Crippen LogP contribution in [0.5, 0.6) is 5.75 Å². The Hall–Kier alpha value is -2.10. The van der Waals surface area contributed by atoms with Crippen molar-refractivity contribution in [3.8, 4) is 5.75 Å². The van der Waals surface area contributed by atoms with Crippen LogP contribution in [0.1, 0.15) is 23.1 Å². The van der Waals surface area contributed by atoms with Crippen LogP contribution in [0.15, 0.2) is 54.6 Å². The predicted molar refractivity (Wildman–Crippen MR) is 98.6 cm³/mol. The number of nitrogens with zero attached hydrogens (tertiary/aromatic N) is 1. The first-order valence-electron chi connectivity index (χ1n) is 9.21. The van der Waals surface area contributed by atoms with E-state index in [0.29, 0.717) is 12.1 Å². The number of morpholine rings is 1. The molecule has 0 aliphatic carbocycles. The molecule has 1 fully saturated rings. The second-order valence-corrected chi connectivity index (χ2v) is 7.23. The van der Waals surface area contributed by atoms with Gasteiger partial charge in [0.05, 0.1) is 25.9 Å². The SMILES string of the molecule is C1=C(c2ccc3c(c2)CCO3)CC2COCC1N2Cc1ccccc1. The van der Waals surface area contributed by atoms with Gasteiger partial charge in [-0.1, -0.05) is 42.5 Å². The van der Waals surface area contributed by atoms with Crippen molar-refractivity contribution in [2.24, 2.45) is 0 Å². The second-order valence-electron chi connectivity index (χ2n) is 7.23. The van der Waals surface area contributed by atoms with Crippen molar-refractivity contribution in [2.75, 3.05) is 19.8 Å². The Morgan fingerprint density at radius 2 is 1.96 bits per heavy atom. The molecule has 3 heteroatoms. The van der Waals surface area contributed by atoms with E-state index in [0.717, 1.165) is 45.0 Å². The largest absolute Gasteiger partial charge is 0.493 e. The van der Waals surface area contributed by atoms with Crippen LogP contribution in [0.25, 0.3) is 5.57 Å². The van der Waals surface area contributed by atoms with Crippen molar-refractivity contribution in [2.45, 2.75) is 31.5 Å². The summed E-state index contributed by atoms with van der Waals surface area (Å²) in [7, 11) is 0. The molecule has 128 valence electrons. The zero-order valence-electron chi connectivity index (χ0n) is 14.4. The number of benzene rings is 2. The summed E-state index contributed by atoms with van der Waals surface area (Å²) >= 11 is 0. The van der Waals surface area contributed by atoms with Gasteiger partial charge < -0.3 is 9.47 Å². The van der Waals surface area contributed by atoms with Crippen LogP contribution in [-0.2, 0) is 17.7 Å². The molecule has 2 bridgehead atoms. The van der Waals surface area contributed by atoms with Gasteiger partial charge in [-0.15, -0.1) is 0 Å². The van der Waals surface area contributed by atoms with Crippen molar-refractivity contribution < 1.29 is 9.47 Å². The Bertz CT molecular complexity index is 799. The quantitative estimate of drug-likeness (QED) is 0.855. The highest BCUT2D eigenvalue weighted by molar-refractivity contribution is 5.69. The summed E-state index contributed by atoms with van der Waals surface area (Å²) in [4.78, 5) is 2.61. The summed E-state index contributed by atoms with van der Waals surface area (Å²) < 4.78 is 11.5. The van der Waals surface area contributed by atoms with E-state index in [1.165, 1.54) is 22.3 Å². The van der Waals surface area contributed by atoms with Crippen LogP contribution >= 0.6 is 0 Å². The molecular formula is C22H23NO2. The van der Waals surface area contributed by atoms with E-state index >= 15 is 0 Å². The highest BCUT2D eigenvalue weighted by Gasteiger charge is 2.35. The van der Waals surface area contributed by atoms with Gasteiger partial charge >= 0.3 is 0 Å². The van der Waals surface area contributed by atoms with Gasteiger partial charge in [-0.3, -0.25) is 4.90 Å². The second kappa shape index (κ2) is 6.32. The fourth-order valence-corrected chi connectivity index (χ4v) is 4.30. The monoisotopic (exact) mass is 333 g/mol. The minimum Gasteiger partial charge on any atom is -0.493 e. The van der Waals surface area contributed by atoms with Crippen molar-refractivity contribution in [3.63, 3.8) is 0 Å². The van der Waals surface area contributed by atoms with Crippen LogP contribution in [0.3, 0.4) is 0 Å². The van der Waals surface area contributed by atoms with Crippen molar-refractivity contribution in [3.05, 3.63) is 71.3 Å². The maximum Gasteiger partial charge on any atom is 0.122 e. The molecule has 0 radical (unpaired) electrons. The Morgan fingerprint density at radius 3 is 2.84 bits per heavy atom. The molecule has 3 aliphatic heterocycles.